The van der Waals surface area contributed by atoms with E-state index in [9.17, 15) is 4.79 Å². The maximum absolute atomic E-state index is 12.1. The van der Waals surface area contributed by atoms with Crippen LogP contribution in [0.3, 0.4) is 0 Å². The van der Waals surface area contributed by atoms with Crippen molar-refractivity contribution in [2.24, 2.45) is 0 Å². The minimum Gasteiger partial charge on any atom is -0.497 e. The number of carbonyl (C=O) groups excluding carboxylic acids is 1. The van der Waals surface area contributed by atoms with Crippen LogP contribution in [0.1, 0.15) is 16.1 Å². The summed E-state index contributed by atoms with van der Waals surface area (Å²) in [6.45, 7) is 0.312. The first-order valence-corrected chi connectivity index (χ1v) is 5.99. The molecule has 1 N–H and O–H groups in total. The van der Waals surface area contributed by atoms with Crippen LogP contribution in [0.15, 0.2) is 36.8 Å². The second-order valence-corrected chi connectivity index (χ2v) is 3.98. The van der Waals surface area contributed by atoms with Crippen molar-refractivity contribution in [2.75, 3.05) is 14.2 Å². The first-order chi connectivity index (χ1) is 9.72. The van der Waals surface area contributed by atoms with Gasteiger partial charge in [0, 0.05) is 24.0 Å². The Labute approximate surface area is 116 Å². The third kappa shape index (κ3) is 3.44. The molecule has 0 saturated heterocycles. The summed E-state index contributed by atoms with van der Waals surface area (Å²) in [6, 6.07) is 5.00. The van der Waals surface area contributed by atoms with Gasteiger partial charge < -0.3 is 14.8 Å². The number of ether oxygens (including phenoxy) is 2. The largest absolute Gasteiger partial charge is 0.497 e. The molecule has 6 heteroatoms. The molecule has 104 valence electrons. The molecule has 1 aromatic heterocycles. The fraction of sp³-hybridized carbons (Fsp3) is 0.214. The molecule has 0 aliphatic rings. The number of amides is 1. The Kier molecular flexibility index (Phi) is 4.49. The van der Waals surface area contributed by atoms with Crippen LogP contribution in [0.2, 0.25) is 0 Å². The molecule has 20 heavy (non-hydrogen) atoms. The molecule has 0 saturated carbocycles. The van der Waals surface area contributed by atoms with Gasteiger partial charge in [0.15, 0.2) is 0 Å². The van der Waals surface area contributed by atoms with E-state index in [1.165, 1.54) is 14.2 Å². The van der Waals surface area contributed by atoms with Crippen LogP contribution in [0.5, 0.6) is 11.5 Å². The zero-order chi connectivity index (χ0) is 14.4. The molecule has 0 unspecified atom stereocenters. The smallest absolute Gasteiger partial charge is 0.251 e. The van der Waals surface area contributed by atoms with E-state index in [-0.39, 0.29) is 5.91 Å². The summed E-state index contributed by atoms with van der Waals surface area (Å²) in [4.78, 5) is 20.1. The Balaban J connectivity index is 2.08. The molecule has 0 atom stereocenters. The van der Waals surface area contributed by atoms with Crippen LogP contribution < -0.4 is 14.8 Å². The van der Waals surface area contributed by atoms with Gasteiger partial charge in [-0.25, -0.2) is 0 Å². The molecule has 2 aromatic rings. The first-order valence-electron chi connectivity index (χ1n) is 5.99. The van der Waals surface area contributed by atoms with Gasteiger partial charge in [-0.1, -0.05) is 0 Å². The van der Waals surface area contributed by atoms with Crippen LogP contribution >= 0.6 is 0 Å². The van der Waals surface area contributed by atoms with E-state index in [2.05, 4.69) is 15.3 Å². The van der Waals surface area contributed by atoms with E-state index in [0.717, 1.165) is 0 Å². The van der Waals surface area contributed by atoms with Gasteiger partial charge in [-0.05, 0) is 12.1 Å². The molecule has 1 amide bonds. The molecule has 0 spiro atoms. The highest BCUT2D eigenvalue weighted by atomic mass is 16.5. The molecule has 1 aromatic carbocycles. The second-order valence-electron chi connectivity index (χ2n) is 3.98. The van der Waals surface area contributed by atoms with Crippen molar-refractivity contribution in [2.45, 2.75) is 6.54 Å². The van der Waals surface area contributed by atoms with Crippen molar-refractivity contribution in [3.63, 3.8) is 0 Å². The quantitative estimate of drug-likeness (QED) is 0.892. The van der Waals surface area contributed by atoms with Crippen molar-refractivity contribution >= 4 is 5.91 Å². The van der Waals surface area contributed by atoms with Crippen LogP contribution in [0.25, 0.3) is 0 Å². The zero-order valence-electron chi connectivity index (χ0n) is 11.3. The third-order valence-electron chi connectivity index (χ3n) is 2.66. The lowest BCUT2D eigenvalue weighted by Gasteiger charge is -2.09. The predicted molar refractivity (Wildman–Crippen MR) is 72.7 cm³/mol. The SMILES string of the molecule is COc1cc(OC)cc(C(=O)NCc2cnccn2)c1. The summed E-state index contributed by atoms with van der Waals surface area (Å²) in [5.41, 5.74) is 1.15. The predicted octanol–water partition coefficient (Wildman–Crippen LogP) is 1.42. The van der Waals surface area contributed by atoms with E-state index < -0.39 is 0 Å². The minimum atomic E-state index is -0.229. The van der Waals surface area contributed by atoms with Crippen molar-refractivity contribution < 1.29 is 14.3 Å². The molecule has 0 aliphatic carbocycles. The number of rotatable bonds is 5. The van der Waals surface area contributed by atoms with E-state index in [4.69, 9.17) is 9.47 Å². The van der Waals surface area contributed by atoms with Gasteiger partial charge in [0.1, 0.15) is 11.5 Å². The fourth-order valence-corrected chi connectivity index (χ4v) is 1.63. The zero-order valence-corrected chi connectivity index (χ0v) is 11.3. The topological polar surface area (TPSA) is 73.3 Å². The summed E-state index contributed by atoms with van der Waals surface area (Å²) >= 11 is 0. The number of benzene rings is 1. The van der Waals surface area contributed by atoms with Gasteiger partial charge in [0.2, 0.25) is 0 Å². The van der Waals surface area contributed by atoms with Gasteiger partial charge in [0.05, 0.1) is 32.7 Å². The molecular weight excluding hydrogens is 258 g/mol. The lowest BCUT2D eigenvalue weighted by molar-refractivity contribution is 0.0949. The van der Waals surface area contributed by atoms with E-state index in [0.29, 0.717) is 29.3 Å². The van der Waals surface area contributed by atoms with Crippen LogP contribution in [-0.4, -0.2) is 30.1 Å². The van der Waals surface area contributed by atoms with Crippen molar-refractivity contribution in [3.8, 4) is 11.5 Å². The highest BCUT2D eigenvalue weighted by Gasteiger charge is 2.09. The highest BCUT2D eigenvalue weighted by molar-refractivity contribution is 5.95. The van der Waals surface area contributed by atoms with Gasteiger partial charge in [-0.3, -0.25) is 14.8 Å². The number of nitrogens with zero attached hydrogens (tertiary/aromatic N) is 2. The average Bonchev–Trinajstić information content (AvgIpc) is 2.52. The monoisotopic (exact) mass is 273 g/mol. The molecule has 0 aliphatic heterocycles. The van der Waals surface area contributed by atoms with Gasteiger partial charge in [-0.2, -0.15) is 0 Å². The number of aromatic nitrogens is 2. The Morgan fingerprint density at radius 3 is 2.40 bits per heavy atom. The lowest BCUT2D eigenvalue weighted by atomic mass is 10.2. The number of hydrogen-bond acceptors (Lipinski definition) is 5. The molecule has 6 nitrogen and oxygen atoms in total. The normalized spacial score (nSPS) is 9.90. The summed E-state index contributed by atoms with van der Waals surface area (Å²) in [6.07, 6.45) is 4.76. The first kappa shape index (κ1) is 13.8. The Bertz CT molecular complexity index is 565. The Morgan fingerprint density at radius 2 is 1.85 bits per heavy atom. The Morgan fingerprint density at radius 1 is 1.15 bits per heavy atom. The molecule has 2 rings (SSSR count). The number of methoxy groups -OCH3 is 2. The van der Waals surface area contributed by atoms with Gasteiger partial charge in [0.25, 0.3) is 5.91 Å². The lowest BCUT2D eigenvalue weighted by Crippen LogP contribution is -2.23. The molecule has 0 radical (unpaired) electrons. The molecule has 1 heterocycles. The highest BCUT2D eigenvalue weighted by Crippen LogP contribution is 2.22. The minimum absolute atomic E-state index is 0.229. The second kappa shape index (κ2) is 6.51. The van der Waals surface area contributed by atoms with Crippen molar-refractivity contribution in [1.82, 2.24) is 15.3 Å². The standard InChI is InChI=1S/C14H15N3O3/c1-19-12-5-10(6-13(7-12)20-2)14(18)17-9-11-8-15-3-4-16-11/h3-8H,9H2,1-2H3,(H,17,18). The number of carbonyl (C=O) groups is 1. The molecule has 0 bridgehead atoms. The van der Waals surface area contributed by atoms with Crippen molar-refractivity contribution in [1.29, 1.82) is 0 Å². The fourth-order valence-electron chi connectivity index (χ4n) is 1.63. The summed E-state index contributed by atoms with van der Waals surface area (Å²) < 4.78 is 10.3. The van der Waals surface area contributed by atoms with Crippen LogP contribution in [0.4, 0.5) is 0 Å². The summed E-state index contributed by atoms with van der Waals surface area (Å²) in [5, 5.41) is 2.77. The van der Waals surface area contributed by atoms with E-state index in [1.807, 2.05) is 0 Å². The van der Waals surface area contributed by atoms with Crippen LogP contribution in [-0.2, 0) is 6.54 Å². The molecular formula is C14H15N3O3. The van der Waals surface area contributed by atoms with Crippen molar-refractivity contribution in [3.05, 3.63) is 48.0 Å². The third-order valence-corrected chi connectivity index (χ3v) is 2.66. The van der Waals surface area contributed by atoms with Crippen LogP contribution in [0, 0.1) is 0 Å². The molecule has 0 fully saturated rings. The average molecular weight is 273 g/mol. The summed E-state index contributed by atoms with van der Waals surface area (Å²) in [5.74, 6) is 0.899. The van der Waals surface area contributed by atoms with Gasteiger partial charge >= 0.3 is 0 Å². The van der Waals surface area contributed by atoms with Gasteiger partial charge in [-0.15, -0.1) is 0 Å². The maximum atomic E-state index is 12.1. The number of nitrogens with one attached hydrogen (secondary N) is 1. The van der Waals surface area contributed by atoms with E-state index in [1.54, 1.807) is 36.8 Å². The number of hydrogen-bond donors (Lipinski definition) is 1. The summed E-state index contributed by atoms with van der Waals surface area (Å²) in [7, 11) is 3.08. The maximum Gasteiger partial charge on any atom is 0.251 e. The Hall–Kier alpha value is -2.63. The van der Waals surface area contributed by atoms with E-state index >= 15 is 0 Å².